The maximum atomic E-state index is 12.7. The molecule has 59 heavy (non-hydrogen) atoms. The second-order valence-electron chi connectivity index (χ2n) is 15.8. The van der Waals surface area contributed by atoms with Crippen molar-refractivity contribution in [2.75, 3.05) is 13.2 Å². The summed E-state index contributed by atoms with van der Waals surface area (Å²) in [7, 11) is 0. The number of carbonyl (C=O) groups is 3. The van der Waals surface area contributed by atoms with Gasteiger partial charge in [-0.15, -0.1) is 0 Å². The van der Waals surface area contributed by atoms with Crippen molar-refractivity contribution in [2.24, 2.45) is 0 Å². The maximum Gasteiger partial charge on any atom is 0.306 e. The van der Waals surface area contributed by atoms with Crippen LogP contribution in [0.4, 0.5) is 0 Å². The number of carbonyl (C=O) groups excluding carboxylic acids is 3. The van der Waals surface area contributed by atoms with E-state index in [2.05, 4.69) is 32.9 Å². The lowest BCUT2D eigenvalue weighted by Crippen LogP contribution is -2.30. The average Bonchev–Trinajstić information content (AvgIpc) is 3.23. The molecule has 0 saturated heterocycles. The molecule has 0 rings (SSSR count). The van der Waals surface area contributed by atoms with Gasteiger partial charge in [-0.05, 0) is 38.5 Å². The Balaban J connectivity index is 4.46. The highest BCUT2D eigenvalue weighted by Crippen LogP contribution is 2.15. The molecule has 0 N–H and O–H groups in total. The van der Waals surface area contributed by atoms with E-state index in [9.17, 15) is 14.4 Å². The first-order chi connectivity index (χ1) is 29.0. The number of esters is 3. The Hall–Kier alpha value is -3.41. The van der Waals surface area contributed by atoms with Crippen molar-refractivity contribution in [3.63, 3.8) is 0 Å². The molecule has 0 aliphatic carbocycles. The van der Waals surface area contributed by atoms with Gasteiger partial charge < -0.3 is 14.2 Å². The van der Waals surface area contributed by atoms with Crippen LogP contribution in [0.25, 0.3) is 0 Å². The molecule has 0 spiro atoms. The van der Waals surface area contributed by atoms with Gasteiger partial charge in [-0.3, -0.25) is 14.4 Å². The maximum absolute atomic E-state index is 12.7. The van der Waals surface area contributed by atoms with E-state index in [4.69, 9.17) is 14.2 Å². The first-order valence-corrected chi connectivity index (χ1v) is 24.2. The van der Waals surface area contributed by atoms with Crippen molar-refractivity contribution in [3.8, 4) is 0 Å². The SMILES string of the molecule is CC\C=C/C=C\C=C/C=C\C=C\C=C/C=C\CCCCCC(=O)OCC(COC(=O)CCCCCCCCCCCCC)OC(=O)CCCCCCCCCCCCC. The second-order valence-corrected chi connectivity index (χ2v) is 15.8. The summed E-state index contributed by atoms with van der Waals surface area (Å²) in [5, 5.41) is 0. The summed E-state index contributed by atoms with van der Waals surface area (Å²) in [4.78, 5) is 37.8. The van der Waals surface area contributed by atoms with E-state index in [1.807, 2.05) is 72.9 Å². The van der Waals surface area contributed by atoms with Crippen LogP contribution >= 0.6 is 0 Å². The van der Waals surface area contributed by atoms with Crippen LogP contribution in [0.5, 0.6) is 0 Å². The molecule has 336 valence electrons. The van der Waals surface area contributed by atoms with Gasteiger partial charge in [0.05, 0.1) is 0 Å². The number of hydrogen-bond acceptors (Lipinski definition) is 6. The zero-order valence-corrected chi connectivity index (χ0v) is 38.2. The summed E-state index contributed by atoms with van der Waals surface area (Å²) in [5.41, 5.74) is 0. The minimum Gasteiger partial charge on any atom is -0.462 e. The van der Waals surface area contributed by atoms with Crippen LogP contribution in [-0.2, 0) is 28.6 Å². The normalized spacial score (nSPS) is 12.8. The van der Waals surface area contributed by atoms with Gasteiger partial charge in [-0.2, -0.15) is 0 Å². The molecule has 6 heteroatoms. The molecule has 6 nitrogen and oxygen atoms in total. The Labute approximate surface area is 363 Å². The Bertz CT molecular complexity index is 1170. The third-order valence-corrected chi connectivity index (χ3v) is 10.1. The number of ether oxygens (including phenoxy) is 3. The fourth-order valence-electron chi connectivity index (χ4n) is 6.48. The Morgan fingerprint density at radius 1 is 0.356 bits per heavy atom. The van der Waals surface area contributed by atoms with Crippen molar-refractivity contribution in [1.29, 1.82) is 0 Å². The lowest BCUT2D eigenvalue weighted by molar-refractivity contribution is -0.167. The van der Waals surface area contributed by atoms with Crippen molar-refractivity contribution in [2.45, 2.75) is 219 Å². The molecule has 0 bridgehead atoms. The number of allylic oxidation sites excluding steroid dienone is 14. The van der Waals surface area contributed by atoms with Gasteiger partial charge in [-0.25, -0.2) is 0 Å². The number of rotatable bonds is 42. The zero-order chi connectivity index (χ0) is 43.0. The molecule has 0 saturated carbocycles. The van der Waals surface area contributed by atoms with Crippen LogP contribution in [0.1, 0.15) is 213 Å². The van der Waals surface area contributed by atoms with Gasteiger partial charge in [0.25, 0.3) is 0 Å². The Kier molecular flexibility index (Phi) is 44.5. The minimum absolute atomic E-state index is 0.0893. The fourth-order valence-corrected chi connectivity index (χ4v) is 6.48. The third kappa shape index (κ3) is 45.5. The molecule has 0 aliphatic rings. The summed E-state index contributed by atoms with van der Waals surface area (Å²) in [6, 6.07) is 0. The molecular weight excluding hydrogens is 733 g/mol. The molecule has 0 aliphatic heterocycles. The van der Waals surface area contributed by atoms with Crippen LogP contribution in [0, 0.1) is 0 Å². The van der Waals surface area contributed by atoms with Crippen molar-refractivity contribution in [1.82, 2.24) is 0 Å². The molecule has 1 unspecified atom stereocenters. The van der Waals surface area contributed by atoms with E-state index in [0.29, 0.717) is 19.3 Å². The molecule has 0 aromatic rings. The van der Waals surface area contributed by atoms with Crippen molar-refractivity contribution in [3.05, 3.63) is 85.1 Å². The average molecular weight is 821 g/mol. The zero-order valence-electron chi connectivity index (χ0n) is 38.2. The standard InChI is InChI=1S/C53H88O6/c1-4-7-10-13-16-19-22-23-24-25-26-27-28-29-32-34-37-40-43-46-52(55)58-49-50(59-53(56)47-44-41-38-35-31-21-18-15-12-9-6-3)48-57-51(54)45-42-39-36-33-30-20-17-14-11-8-5-2/h7,10,13,16,19,22-29,32,50H,4-6,8-9,11-12,14-15,17-18,20-21,30-31,33-49H2,1-3H3/b10-7-,16-13-,22-19-,24-23-,26-25+,28-27-,32-29-. The lowest BCUT2D eigenvalue weighted by Gasteiger charge is -2.18. The minimum atomic E-state index is -0.790. The van der Waals surface area contributed by atoms with E-state index >= 15 is 0 Å². The number of hydrogen-bond donors (Lipinski definition) is 0. The molecule has 0 heterocycles. The van der Waals surface area contributed by atoms with E-state index in [1.165, 1.54) is 103 Å². The molecule has 0 radical (unpaired) electrons. The fraction of sp³-hybridized carbons (Fsp3) is 0.679. The van der Waals surface area contributed by atoms with Crippen LogP contribution in [0.2, 0.25) is 0 Å². The summed E-state index contributed by atoms with van der Waals surface area (Å²) >= 11 is 0. The largest absolute Gasteiger partial charge is 0.462 e. The highest BCUT2D eigenvalue weighted by atomic mass is 16.6. The lowest BCUT2D eigenvalue weighted by atomic mass is 10.1. The molecule has 0 fully saturated rings. The monoisotopic (exact) mass is 821 g/mol. The van der Waals surface area contributed by atoms with Crippen molar-refractivity contribution < 1.29 is 28.6 Å². The van der Waals surface area contributed by atoms with Gasteiger partial charge in [0, 0.05) is 19.3 Å². The molecule has 1 atom stereocenters. The van der Waals surface area contributed by atoms with Gasteiger partial charge in [0.2, 0.25) is 0 Å². The van der Waals surface area contributed by atoms with E-state index in [-0.39, 0.29) is 31.1 Å². The molecule has 0 aromatic carbocycles. The van der Waals surface area contributed by atoms with Crippen LogP contribution in [0.3, 0.4) is 0 Å². The first-order valence-electron chi connectivity index (χ1n) is 24.2. The van der Waals surface area contributed by atoms with Crippen LogP contribution in [-0.4, -0.2) is 37.2 Å². The summed E-state index contributed by atoms with van der Waals surface area (Å²) in [6.45, 7) is 6.43. The smallest absolute Gasteiger partial charge is 0.306 e. The highest BCUT2D eigenvalue weighted by Gasteiger charge is 2.19. The molecule has 0 aromatic heterocycles. The van der Waals surface area contributed by atoms with E-state index in [0.717, 1.165) is 70.6 Å². The summed E-state index contributed by atoms with van der Waals surface area (Å²) in [5.74, 6) is -0.939. The Morgan fingerprint density at radius 3 is 1.03 bits per heavy atom. The van der Waals surface area contributed by atoms with Gasteiger partial charge in [0.1, 0.15) is 13.2 Å². The predicted molar refractivity (Wildman–Crippen MR) is 251 cm³/mol. The number of unbranched alkanes of at least 4 members (excludes halogenated alkanes) is 23. The first kappa shape index (κ1) is 55.6. The quantitative estimate of drug-likeness (QED) is 0.0264. The Morgan fingerprint density at radius 2 is 0.661 bits per heavy atom. The molecule has 0 amide bonds. The topological polar surface area (TPSA) is 78.9 Å². The highest BCUT2D eigenvalue weighted by molar-refractivity contribution is 5.71. The predicted octanol–water partition coefficient (Wildman–Crippen LogP) is 15.6. The van der Waals surface area contributed by atoms with Gasteiger partial charge in [0.15, 0.2) is 6.10 Å². The second kappa shape index (κ2) is 47.3. The van der Waals surface area contributed by atoms with Crippen LogP contribution < -0.4 is 0 Å². The van der Waals surface area contributed by atoms with E-state index in [1.54, 1.807) is 0 Å². The summed E-state index contributed by atoms with van der Waals surface area (Å²) in [6.07, 6.45) is 59.8. The van der Waals surface area contributed by atoms with Gasteiger partial charge >= 0.3 is 17.9 Å². The van der Waals surface area contributed by atoms with E-state index < -0.39 is 6.10 Å². The van der Waals surface area contributed by atoms with Gasteiger partial charge in [-0.1, -0.05) is 241 Å². The van der Waals surface area contributed by atoms with Crippen molar-refractivity contribution >= 4 is 17.9 Å². The van der Waals surface area contributed by atoms with Crippen LogP contribution in [0.15, 0.2) is 85.1 Å². The third-order valence-electron chi connectivity index (χ3n) is 10.1. The molecular formula is C53H88O6. The summed E-state index contributed by atoms with van der Waals surface area (Å²) < 4.78 is 16.7.